The molecule has 2 aromatic rings. The summed E-state index contributed by atoms with van der Waals surface area (Å²) in [6.45, 7) is 5.67. The maximum Gasteiger partial charge on any atom is 0.335 e. The molecule has 2 aromatic carbocycles. The van der Waals surface area contributed by atoms with Crippen LogP contribution in [0.15, 0.2) is 42.5 Å². The van der Waals surface area contributed by atoms with Gasteiger partial charge in [0.2, 0.25) is 0 Å². The molecule has 126 valence electrons. The first-order valence-electron chi connectivity index (χ1n) is 8.02. The topological polar surface area (TPSA) is 59.0 Å². The first-order valence-corrected chi connectivity index (χ1v) is 8.02. The number of carboxylic acids is 1. The van der Waals surface area contributed by atoms with Crippen molar-refractivity contribution >= 4 is 5.97 Å². The highest BCUT2D eigenvalue weighted by Gasteiger charge is 2.15. The number of hydrogen-bond donors (Lipinski definition) is 1. The van der Waals surface area contributed by atoms with E-state index in [-0.39, 0.29) is 5.56 Å². The lowest BCUT2D eigenvalue weighted by atomic mass is 10.1. The molecule has 1 N–H and O–H groups in total. The smallest absolute Gasteiger partial charge is 0.335 e. The van der Waals surface area contributed by atoms with Crippen LogP contribution in [0.1, 0.15) is 21.5 Å². The highest BCUT2D eigenvalue weighted by Crippen LogP contribution is 2.24. The molecule has 0 saturated carbocycles. The minimum absolute atomic E-state index is 0.236. The average Bonchev–Trinajstić information content (AvgIpc) is 2.76. The Morgan fingerprint density at radius 1 is 1.29 bits per heavy atom. The third-order valence-electron chi connectivity index (χ3n) is 4.03. The van der Waals surface area contributed by atoms with Crippen molar-refractivity contribution in [1.29, 1.82) is 0 Å². The number of aromatic carboxylic acids is 1. The molecule has 0 saturated heterocycles. The Kier molecular flexibility index (Phi) is 5.01. The van der Waals surface area contributed by atoms with Gasteiger partial charge in [-0.3, -0.25) is 4.90 Å². The van der Waals surface area contributed by atoms with Gasteiger partial charge in [0.05, 0.1) is 5.56 Å². The van der Waals surface area contributed by atoms with Crippen LogP contribution < -0.4 is 9.47 Å². The maximum atomic E-state index is 11.0. The quantitative estimate of drug-likeness (QED) is 0.915. The molecule has 3 rings (SSSR count). The Bertz CT molecular complexity index is 729. The van der Waals surface area contributed by atoms with Crippen LogP contribution in [0.5, 0.6) is 11.5 Å². The minimum Gasteiger partial charge on any atom is -0.492 e. The van der Waals surface area contributed by atoms with Crippen molar-refractivity contribution in [2.45, 2.75) is 13.5 Å². The van der Waals surface area contributed by atoms with E-state index in [9.17, 15) is 4.79 Å². The molecule has 5 heteroatoms. The molecular formula is C19H21NO4. The summed E-state index contributed by atoms with van der Waals surface area (Å²) in [6, 6.07) is 12.8. The van der Waals surface area contributed by atoms with Crippen molar-refractivity contribution in [2.75, 3.05) is 26.3 Å². The summed E-state index contributed by atoms with van der Waals surface area (Å²) >= 11 is 0. The van der Waals surface area contributed by atoms with E-state index in [0.29, 0.717) is 19.0 Å². The predicted octanol–water partition coefficient (Wildman–Crippen LogP) is 2.97. The summed E-state index contributed by atoms with van der Waals surface area (Å²) in [5.74, 6) is 0.590. The van der Waals surface area contributed by atoms with Gasteiger partial charge >= 0.3 is 5.97 Å². The van der Waals surface area contributed by atoms with Gasteiger partial charge in [-0.25, -0.2) is 4.79 Å². The molecule has 0 amide bonds. The van der Waals surface area contributed by atoms with Crippen LogP contribution >= 0.6 is 0 Å². The van der Waals surface area contributed by atoms with E-state index >= 15 is 0 Å². The number of rotatable bonds is 5. The first-order chi connectivity index (χ1) is 11.6. The maximum absolute atomic E-state index is 11.0. The summed E-state index contributed by atoms with van der Waals surface area (Å²) in [4.78, 5) is 13.3. The molecule has 0 radical (unpaired) electrons. The van der Waals surface area contributed by atoms with Gasteiger partial charge in [-0.15, -0.1) is 0 Å². The molecule has 1 aliphatic heterocycles. The Balaban J connectivity index is 1.57. The van der Waals surface area contributed by atoms with Crippen molar-refractivity contribution in [3.63, 3.8) is 0 Å². The van der Waals surface area contributed by atoms with Crippen LogP contribution in [0.3, 0.4) is 0 Å². The first kappa shape index (κ1) is 16.3. The second kappa shape index (κ2) is 7.36. The number of hydrogen-bond acceptors (Lipinski definition) is 4. The Morgan fingerprint density at radius 2 is 2.17 bits per heavy atom. The van der Waals surface area contributed by atoms with Crippen LogP contribution in [0.4, 0.5) is 0 Å². The molecule has 0 spiro atoms. The molecule has 24 heavy (non-hydrogen) atoms. The Hall–Kier alpha value is -2.53. The number of benzene rings is 2. The van der Waals surface area contributed by atoms with Crippen LogP contribution in [0, 0.1) is 6.92 Å². The molecule has 1 heterocycles. The zero-order valence-corrected chi connectivity index (χ0v) is 13.7. The largest absolute Gasteiger partial charge is 0.492 e. The van der Waals surface area contributed by atoms with E-state index in [2.05, 4.69) is 24.0 Å². The summed E-state index contributed by atoms with van der Waals surface area (Å²) in [6.07, 6.45) is 0. The number of nitrogens with zero attached hydrogens (tertiary/aromatic N) is 1. The number of carboxylic acid groups (broad SMARTS) is 1. The lowest BCUT2D eigenvalue weighted by Gasteiger charge is -2.19. The standard InChI is InChI=1S/C19H21NO4/c1-14-5-6-18-16(11-14)13-20(8-10-24-18)7-9-23-17-4-2-3-15(12-17)19(21)22/h2-6,11-12H,7-10,13H2,1H3,(H,21,22). The van der Waals surface area contributed by atoms with Gasteiger partial charge in [-0.1, -0.05) is 23.8 Å². The molecule has 0 atom stereocenters. The second-order valence-corrected chi connectivity index (χ2v) is 5.92. The number of aryl methyl sites for hydroxylation is 1. The monoisotopic (exact) mass is 327 g/mol. The van der Waals surface area contributed by atoms with Crippen LogP contribution in [-0.2, 0) is 6.54 Å². The van der Waals surface area contributed by atoms with Crippen molar-refractivity contribution in [2.24, 2.45) is 0 Å². The summed E-state index contributed by atoms with van der Waals surface area (Å²) in [5.41, 5.74) is 2.65. The van der Waals surface area contributed by atoms with Crippen LogP contribution in [0.25, 0.3) is 0 Å². The van der Waals surface area contributed by atoms with Crippen molar-refractivity contribution in [3.05, 3.63) is 59.2 Å². The van der Waals surface area contributed by atoms with E-state index in [0.717, 1.165) is 25.4 Å². The second-order valence-electron chi connectivity index (χ2n) is 5.92. The van der Waals surface area contributed by atoms with E-state index in [1.807, 2.05) is 6.07 Å². The summed E-state index contributed by atoms with van der Waals surface area (Å²) in [7, 11) is 0. The zero-order valence-electron chi connectivity index (χ0n) is 13.7. The van der Waals surface area contributed by atoms with Crippen LogP contribution in [-0.4, -0.2) is 42.3 Å². The van der Waals surface area contributed by atoms with Gasteiger partial charge in [-0.05, 0) is 31.2 Å². The number of fused-ring (bicyclic) bond motifs is 1. The highest BCUT2D eigenvalue weighted by molar-refractivity contribution is 5.87. The molecule has 5 nitrogen and oxygen atoms in total. The van der Waals surface area contributed by atoms with Gasteiger partial charge in [0.25, 0.3) is 0 Å². The predicted molar refractivity (Wildman–Crippen MR) is 90.8 cm³/mol. The fourth-order valence-corrected chi connectivity index (χ4v) is 2.78. The Labute approximate surface area is 141 Å². The van der Waals surface area contributed by atoms with Crippen molar-refractivity contribution in [1.82, 2.24) is 4.90 Å². The SMILES string of the molecule is Cc1ccc2c(c1)CN(CCOc1cccc(C(=O)O)c1)CCO2. The number of carbonyl (C=O) groups is 1. The molecule has 1 aliphatic rings. The molecule has 0 unspecified atom stereocenters. The van der Waals surface area contributed by atoms with Gasteiger partial charge in [0, 0.05) is 25.2 Å². The fraction of sp³-hybridized carbons (Fsp3) is 0.316. The molecular weight excluding hydrogens is 306 g/mol. The molecule has 0 bridgehead atoms. The lowest BCUT2D eigenvalue weighted by molar-refractivity contribution is 0.0696. The van der Waals surface area contributed by atoms with Gasteiger partial charge in [-0.2, -0.15) is 0 Å². The lowest BCUT2D eigenvalue weighted by Crippen LogP contribution is -2.30. The molecule has 0 fully saturated rings. The van der Waals surface area contributed by atoms with Crippen LogP contribution in [0.2, 0.25) is 0 Å². The van der Waals surface area contributed by atoms with E-state index < -0.39 is 5.97 Å². The van der Waals surface area contributed by atoms with E-state index in [1.165, 1.54) is 11.1 Å². The Morgan fingerprint density at radius 3 is 3.00 bits per heavy atom. The van der Waals surface area contributed by atoms with Gasteiger partial charge in [0.15, 0.2) is 0 Å². The average molecular weight is 327 g/mol. The molecule has 0 aliphatic carbocycles. The van der Waals surface area contributed by atoms with Gasteiger partial charge < -0.3 is 14.6 Å². The fourth-order valence-electron chi connectivity index (χ4n) is 2.78. The van der Waals surface area contributed by atoms with E-state index in [4.69, 9.17) is 14.6 Å². The summed E-state index contributed by atoms with van der Waals surface area (Å²) in [5, 5.41) is 9.01. The molecule has 0 aromatic heterocycles. The van der Waals surface area contributed by atoms with Crippen molar-refractivity contribution in [3.8, 4) is 11.5 Å². The minimum atomic E-state index is -0.947. The number of ether oxygens (including phenoxy) is 2. The third-order valence-corrected chi connectivity index (χ3v) is 4.03. The van der Waals surface area contributed by atoms with Gasteiger partial charge in [0.1, 0.15) is 24.7 Å². The summed E-state index contributed by atoms with van der Waals surface area (Å²) < 4.78 is 11.5. The third kappa shape index (κ3) is 4.06. The normalized spacial score (nSPS) is 14.4. The zero-order chi connectivity index (χ0) is 16.9. The van der Waals surface area contributed by atoms with Crippen molar-refractivity contribution < 1.29 is 19.4 Å². The van der Waals surface area contributed by atoms with E-state index in [1.54, 1.807) is 24.3 Å². The highest BCUT2D eigenvalue weighted by atomic mass is 16.5.